The van der Waals surface area contributed by atoms with Crippen LogP contribution in [0.1, 0.15) is 25.3 Å². The van der Waals surface area contributed by atoms with Crippen LogP contribution in [0.25, 0.3) is 11.1 Å². The van der Waals surface area contributed by atoms with Crippen molar-refractivity contribution in [3.63, 3.8) is 0 Å². The molecule has 0 aromatic heterocycles. The SMILES string of the molecule is CCCCOC(=O)[CH]c1ccc(-c2ccccc2)cc1. The smallest absolute Gasteiger partial charge is 0.314 e. The Morgan fingerprint density at radius 3 is 2.30 bits per heavy atom. The lowest BCUT2D eigenvalue weighted by Crippen LogP contribution is -2.06. The van der Waals surface area contributed by atoms with Gasteiger partial charge in [0.15, 0.2) is 0 Å². The molecule has 2 aromatic rings. The molecule has 0 unspecified atom stereocenters. The van der Waals surface area contributed by atoms with Crippen LogP contribution in [0.2, 0.25) is 0 Å². The van der Waals surface area contributed by atoms with Gasteiger partial charge in [0, 0.05) is 0 Å². The minimum atomic E-state index is -0.272. The molecule has 0 aliphatic heterocycles. The number of ether oxygens (including phenoxy) is 1. The van der Waals surface area contributed by atoms with Crippen LogP contribution >= 0.6 is 0 Å². The third-order valence-electron chi connectivity index (χ3n) is 3.04. The van der Waals surface area contributed by atoms with Crippen molar-refractivity contribution in [3.05, 3.63) is 66.6 Å². The summed E-state index contributed by atoms with van der Waals surface area (Å²) < 4.78 is 5.11. The summed E-state index contributed by atoms with van der Waals surface area (Å²) in [6.45, 7) is 2.56. The van der Waals surface area contributed by atoms with E-state index in [4.69, 9.17) is 4.74 Å². The van der Waals surface area contributed by atoms with Gasteiger partial charge in [0.25, 0.3) is 0 Å². The van der Waals surface area contributed by atoms with E-state index in [-0.39, 0.29) is 5.97 Å². The van der Waals surface area contributed by atoms with Gasteiger partial charge in [0.1, 0.15) is 0 Å². The van der Waals surface area contributed by atoms with Gasteiger partial charge in [-0.2, -0.15) is 0 Å². The molecule has 0 spiro atoms. The molecule has 0 heterocycles. The second kappa shape index (κ2) is 7.49. The van der Waals surface area contributed by atoms with Gasteiger partial charge in [-0.25, -0.2) is 0 Å². The van der Waals surface area contributed by atoms with E-state index in [1.165, 1.54) is 12.0 Å². The maximum absolute atomic E-state index is 11.6. The van der Waals surface area contributed by atoms with Gasteiger partial charge in [0.05, 0.1) is 13.0 Å². The van der Waals surface area contributed by atoms with Crippen LogP contribution in [0.15, 0.2) is 54.6 Å². The molecule has 103 valence electrons. The lowest BCUT2D eigenvalue weighted by Gasteiger charge is -2.05. The Labute approximate surface area is 120 Å². The maximum Gasteiger partial charge on any atom is 0.314 e. The molecule has 0 atom stereocenters. The van der Waals surface area contributed by atoms with Crippen LogP contribution in [0.4, 0.5) is 0 Å². The summed E-state index contributed by atoms with van der Waals surface area (Å²) in [5, 5.41) is 0. The van der Waals surface area contributed by atoms with Crippen molar-refractivity contribution in [3.8, 4) is 11.1 Å². The van der Waals surface area contributed by atoms with Crippen LogP contribution in [-0.2, 0) is 9.53 Å². The molecular formula is C18H19O2. The van der Waals surface area contributed by atoms with E-state index < -0.39 is 0 Å². The fraction of sp³-hybridized carbons (Fsp3) is 0.222. The zero-order chi connectivity index (χ0) is 14.2. The first-order valence-electron chi connectivity index (χ1n) is 6.96. The predicted octanol–water partition coefficient (Wildman–Crippen LogP) is 4.25. The van der Waals surface area contributed by atoms with Crippen LogP contribution in [0.5, 0.6) is 0 Å². The minimum Gasteiger partial charge on any atom is -0.465 e. The molecular weight excluding hydrogens is 248 g/mol. The van der Waals surface area contributed by atoms with Gasteiger partial charge < -0.3 is 4.74 Å². The summed E-state index contributed by atoms with van der Waals surface area (Å²) in [6.07, 6.45) is 3.47. The third-order valence-corrected chi connectivity index (χ3v) is 3.04. The van der Waals surface area contributed by atoms with Crippen molar-refractivity contribution in [2.75, 3.05) is 6.61 Å². The highest BCUT2D eigenvalue weighted by molar-refractivity contribution is 5.83. The first kappa shape index (κ1) is 14.3. The summed E-state index contributed by atoms with van der Waals surface area (Å²) in [6, 6.07) is 18.1. The molecule has 0 amide bonds. The van der Waals surface area contributed by atoms with Crippen LogP contribution in [0, 0.1) is 6.42 Å². The van der Waals surface area contributed by atoms with Crippen molar-refractivity contribution in [2.45, 2.75) is 19.8 Å². The Morgan fingerprint density at radius 2 is 1.65 bits per heavy atom. The van der Waals surface area contributed by atoms with E-state index >= 15 is 0 Å². The monoisotopic (exact) mass is 267 g/mol. The molecule has 0 saturated carbocycles. The molecule has 0 saturated heterocycles. The fourth-order valence-electron chi connectivity index (χ4n) is 1.90. The average Bonchev–Trinajstić information content (AvgIpc) is 2.49. The van der Waals surface area contributed by atoms with Crippen LogP contribution in [-0.4, -0.2) is 12.6 Å². The molecule has 2 nitrogen and oxygen atoms in total. The first-order valence-corrected chi connectivity index (χ1v) is 6.96. The van der Waals surface area contributed by atoms with E-state index in [1.807, 2.05) is 42.5 Å². The largest absolute Gasteiger partial charge is 0.465 e. The Hall–Kier alpha value is -2.09. The molecule has 0 aliphatic carbocycles. The highest BCUT2D eigenvalue weighted by atomic mass is 16.5. The second-order valence-corrected chi connectivity index (χ2v) is 4.65. The van der Waals surface area contributed by atoms with Crippen LogP contribution in [0.3, 0.4) is 0 Å². The predicted molar refractivity (Wildman–Crippen MR) is 81.1 cm³/mol. The summed E-state index contributed by atoms with van der Waals surface area (Å²) >= 11 is 0. The molecule has 2 aromatic carbocycles. The first-order chi connectivity index (χ1) is 9.79. The Bertz CT molecular complexity index is 529. The van der Waals surface area contributed by atoms with Gasteiger partial charge in [0.2, 0.25) is 0 Å². The molecule has 20 heavy (non-hydrogen) atoms. The second-order valence-electron chi connectivity index (χ2n) is 4.65. The maximum atomic E-state index is 11.6. The van der Waals surface area contributed by atoms with Crippen molar-refractivity contribution in [1.29, 1.82) is 0 Å². The number of rotatable bonds is 6. The van der Waals surface area contributed by atoms with Crippen molar-refractivity contribution < 1.29 is 9.53 Å². The molecule has 0 fully saturated rings. The molecule has 1 radical (unpaired) electrons. The number of hydrogen-bond acceptors (Lipinski definition) is 2. The third kappa shape index (κ3) is 4.23. The number of carbonyl (C=O) groups excluding carboxylic acids is 1. The van der Waals surface area contributed by atoms with Gasteiger partial charge in [-0.1, -0.05) is 67.9 Å². The number of esters is 1. The molecule has 0 N–H and O–H groups in total. The lowest BCUT2D eigenvalue weighted by atomic mass is 10.0. The summed E-state index contributed by atoms with van der Waals surface area (Å²) in [5.41, 5.74) is 3.18. The normalized spacial score (nSPS) is 10.2. The Morgan fingerprint density at radius 1 is 1.00 bits per heavy atom. The van der Waals surface area contributed by atoms with E-state index in [0.717, 1.165) is 24.0 Å². The quantitative estimate of drug-likeness (QED) is 0.577. The van der Waals surface area contributed by atoms with Crippen LogP contribution < -0.4 is 0 Å². The summed E-state index contributed by atoms with van der Waals surface area (Å²) in [5.74, 6) is -0.272. The number of carbonyl (C=O) groups is 1. The molecule has 0 aliphatic rings. The number of hydrogen-bond donors (Lipinski definition) is 0. The highest BCUT2D eigenvalue weighted by Gasteiger charge is 2.05. The minimum absolute atomic E-state index is 0.272. The number of unbranched alkanes of at least 4 members (excludes halogenated alkanes) is 1. The molecule has 2 heteroatoms. The Kier molecular flexibility index (Phi) is 5.36. The lowest BCUT2D eigenvalue weighted by molar-refractivity contribution is -0.139. The van der Waals surface area contributed by atoms with Crippen molar-refractivity contribution in [1.82, 2.24) is 0 Å². The zero-order valence-corrected chi connectivity index (χ0v) is 11.7. The van der Waals surface area contributed by atoms with Gasteiger partial charge in [-0.05, 0) is 23.1 Å². The average molecular weight is 267 g/mol. The van der Waals surface area contributed by atoms with Crippen molar-refractivity contribution in [2.24, 2.45) is 0 Å². The topological polar surface area (TPSA) is 26.3 Å². The van der Waals surface area contributed by atoms with Gasteiger partial charge in [-0.15, -0.1) is 0 Å². The fourth-order valence-corrected chi connectivity index (χ4v) is 1.90. The van der Waals surface area contributed by atoms with Crippen molar-refractivity contribution >= 4 is 5.97 Å². The summed E-state index contributed by atoms with van der Waals surface area (Å²) in [7, 11) is 0. The van der Waals surface area contributed by atoms with E-state index in [1.54, 1.807) is 0 Å². The highest BCUT2D eigenvalue weighted by Crippen LogP contribution is 2.19. The zero-order valence-electron chi connectivity index (χ0n) is 11.7. The van der Waals surface area contributed by atoms with E-state index in [2.05, 4.69) is 19.1 Å². The summed E-state index contributed by atoms with van der Waals surface area (Å²) in [4.78, 5) is 11.6. The van der Waals surface area contributed by atoms with Gasteiger partial charge in [-0.3, -0.25) is 4.79 Å². The van der Waals surface area contributed by atoms with E-state index in [0.29, 0.717) is 6.61 Å². The standard InChI is InChI=1S/C18H19O2/c1-2-3-13-20-18(19)14-15-9-11-17(12-10-15)16-7-5-4-6-8-16/h4-12,14H,2-3,13H2,1H3. The Balaban J connectivity index is 1.93. The van der Waals surface area contributed by atoms with Gasteiger partial charge >= 0.3 is 5.97 Å². The number of benzene rings is 2. The molecule has 2 rings (SSSR count). The van der Waals surface area contributed by atoms with E-state index in [9.17, 15) is 4.79 Å². The molecule has 0 bridgehead atoms.